The summed E-state index contributed by atoms with van der Waals surface area (Å²) in [6.45, 7) is 7.51. The molecule has 1 aromatic rings. The van der Waals surface area contributed by atoms with Crippen molar-refractivity contribution in [3.8, 4) is 0 Å². The fourth-order valence-electron chi connectivity index (χ4n) is 3.05. The van der Waals surface area contributed by atoms with Gasteiger partial charge in [-0.05, 0) is 57.7 Å². The summed E-state index contributed by atoms with van der Waals surface area (Å²) < 4.78 is 19.1. The third kappa shape index (κ3) is 5.12. The molecule has 5 heteroatoms. The van der Waals surface area contributed by atoms with Gasteiger partial charge in [0.05, 0.1) is 5.69 Å². The quantitative estimate of drug-likeness (QED) is 0.804. The Bertz CT molecular complexity index is 554. The first-order chi connectivity index (χ1) is 10.8. The lowest BCUT2D eigenvalue weighted by Gasteiger charge is -2.22. The number of nitrogens with one attached hydrogen (secondary N) is 2. The normalized spacial score (nSPS) is 21.1. The third-order valence-corrected chi connectivity index (χ3v) is 4.14. The Morgan fingerprint density at radius 3 is 2.74 bits per heavy atom. The van der Waals surface area contributed by atoms with Crippen molar-refractivity contribution in [1.29, 1.82) is 0 Å². The lowest BCUT2D eigenvalue weighted by Crippen LogP contribution is -2.27. The van der Waals surface area contributed by atoms with Gasteiger partial charge in [0.15, 0.2) is 0 Å². The summed E-state index contributed by atoms with van der Waals surface area (Å²) >= 11 is 0. The standard InChI is InChI=1S/C18H27FN2O2/c1-5-12-7-6-8-15(12)20-13-9-10-14(19)16(11-13)21-17(22)23-18(2,3)4/h9-12,15,20H,5-8H2,1-4H3,(H,21,22). The van der Waals surface area contributed by atoms with Crippen molar-refractivity contribution >= 4 is 17.5 Å². The molecular formula is C18H27FN2O2. The van der Waals surface area contributed by atoms with Crippen molar-refractivity contribution in [2.24, 2.45) is 5.92 Å². The molecule has 0 aliphatic heterocycles. The number of anilines is 2. The summed E-state index contributed by atoms with van der Waals surface area (Å²) in [6, 6.07) is 5.12. The van der Waals surface area contributed by atoms with Gasteiger partial charge in [-0.2, -0.15) is 0 Å². The van der Waals surface area contributed by atoms with Crippen molar-refractivity contribution in [2.45, 2.75) is 65.0 Å². The van der Waals surface area contributed by atoms with Crippen LogP contribution in [-0.2, 0) is 4.74 Å². The first-order valence-electron chi connectivity index (χ1n) is 8.34. The lowest BCUT2D eigenvalue weighted by molar-refractivity contribution is 0.0635. The molecule has 1 fully saturated rings. The molecule has 1 saturated carbocycles. The number of rotatable bonds is 4. The number of halogens is 1. The van der Waals surface area contributed by atoms with Crippen LogP contribution in [0.25, 0.3) is 0 Å². The maximum Gasteiger partial charge on any atom is 0.412 e. The van der Waals surface area contributed by atoms with Gasteiger partial charge < -0.3 is 10.1 Å². The molecule has 1 aliphatic rings. The monoisotopic (exact) mass is 322 g/mol. The highest BCUT2D eigenvalue weighted by atomic mass is 19.1. The van der Waals surface area contributed by atoms with E-state index in [0.29, 0.717) is 12.0 Å². The van der Waals surface area contributed by atoms with Gasteiger partial charge in [0.25, 0.3) is 0 Å². The van der Waals surface area contributed by atoms with Gasteiger partial charge in [0.2, 0.25) is 0 Å². The average Bonchev–Trinajstić information content (AvgIpc) is 2.87. The number of carbonyl (C=O) groups excluding carboxylic acids is 1. The third-order valence-electron chi connectivity index (χ3n) is 4.14. The molecule has 0 heterocycles. The van der Waals surface area contributed by atoms with E-state index >= 15 is 0 Å². The van der Waals surface area contributed by atoms with Crippen LogP contribution in [0.2, 0.25) is 0 Å². The summed E-state index contributed by atoms with van der Waals surface area (Å²) in [5.74, 6) is 0.183. The van der Waals surface area contributed by atoms with E-state index in [9.17, 15) is 9.18 Å². The Morgan fingerprint density at radius 2 is 2.09 bits per heavy atom. The predicted molar refractivity (Wildman–Crippen MR) is 91.3 cm³/mol. The van der Waals surface area contributed by atoms with Gasteiger partial charge in [-0.15, -0.1) is 0 Å². The predicted octanol–water partition coefficient (Wildman–Crippen LogP) is 5.16. The van der Waals surface area contributed by atoms with E-state index in [1.54, 1.807) is 32.9 Å². The van der Waals surface area contributed by atoms with E-state index in [1.807, 2.05) is 0 Å². The van der Waals surface area contributed by atoms with E-state index < -0.39 is 17.5 Å². The summed E-state index contributed by atoms with van der Waals surface area (Å²) in [5, 5.41) is 5.95. The Kier molecular flexibility index (Phi) is 5.50. The Morgan fingerprint density at radius 1 is 1.35 bits per heavy atom. The number of hydrogen-bond acceptors (Lipinski definition) is 3. The molecule has 0 aromatic heterocycles. The van der Waals surface area contributed by atoms with Crippen molar-refractivity contribution in [3.05, 3.63) is 24.0 Å². The van der Waals surface area contributed by atoms with Crippen LogP contribution in [0.3, 0.4) is 0 Å². The molecule has 0 saturated heterocycles. The molecule has 0 bridgehead atoms. The molecular weight excluding hydrogens is 295 g/mol. The van der Waals surface area contributed by atoms with Crippen LogP contribution in [-0.4, -0.2) is 17.7 Å². The number of ether oxygens (including phenoxy) is 1. The zero-order valence-corrected chi connectivity index (χ0v) is 14.4. The summed E-state index contributed by atoms with van der Waals surface area (Å²) in [4.78, 5) is 11.8. The van der Waals surface area contributed by atoms with E-state index in [0.717, 1.165) is 18.5 Å². The van der Waals surface area contributed by atoms with Gasteiger partial charge in [-0.1, -0.05) is 19.8 Å². The number of carbonyl (C=O) groups is 1. The molecule has 2 rings (SSSR count). The topological polar surface area (TPSA) is 50.4 Å². The van der Waals surface area contributed by atoms with Crippen LogP contribution in [0, 0.1) is 11.7 Å². The fraction of sp³-hybridized carbons (Fsp3) is 0.611. The van der Waals surface area contributed by atoms with Crippen molar-refractivity contribution in [3.63, 3.8) is 0 Å². The second kappa shape index (κ2) is 7.20. The second-order valence-corrected chi connectivity index (χ2v) is 7.17. The first kappa shape index (κ1) is 17.6. The molecule has 2 N–H and O–H groups in total. The van der Waals surface area contributed by atoms with Crippen LogP contribution in [0.15, 0.2) is 18.2 Å². The summed E-state index contributed by atoms with van der Waals surface area (Å²) in [7, 11) is 0. The largest absolute Gasteiger partial charge is 0.444 e. The van der Waals surface area contributed by atoms with Gasteiger partial charge in [0.1, 0.15) is 11.4 Å². The average molecular weight is 322 g/mol. The lowest BCUT2D eigenvalue weighted by atomic mass is 10.0. The smallest absolute Gasteiger partial charge is 0.412 e. The molecule has 2 unspecified atom stereocenters. The van der Waals surface area contributed by atoms with E-state index in [-0.39, 0.29) is 5.69 Å². The number of amides is 1. The van der Waals surface area contributed by atoms with Gasteiger partial charge in [0, 0.05) is 11.7 Å². The maximum absolute atomic E-state index is 13.9. The Balaban J connectivity index is 2.05. The van der Waals surface area contributed by atoms with Gasteiger partial charge >= 0.3 is 6.09 Å². The minimum absolute atomic E-state index is 0.135. The van der Waals surface area contributed by atoms with E-state index in [4.69, 9.17) is 4.74 Å². The zero-order chi connectivity index (χ0) is 17.0. The SMILES string of the molecule is CCC1CCCC1Nc1ccc(F)c(NC(=O)OC(C)(C)C)c1. The Hall–Kier alpha value is -1.78. The molecule has 1 aliphatic carbocycles. The second-order valence-electron chi connectivity index (χ2n) is 7.17. The van der Waals surface area contributed by atoms with Crippen molar-refractivity contribution in [2.75, 3.05) is 10.6 Å². The molecule has 2 atom stereocenters. The zero-order valence-electron chi connectivity index (χ0n) is 14.4. The summed E-state index contributed by atoms with van der Waals surface area (Å²) in [5.41, 5.74) is 0.340. The molecule has 1 amide bonds. The van der Waals surface area contributed by atoms with Crippen LogP contribution in [0.1, 0.15) is 53.4 Å². The fourth-order valence-corrected chi connectivity index (χ4v) is 3.05. The highest BCUT2D eigenvalue weighted by molar-refractivity contribution is 5.85. The summed E-state index contributed by atoms with van der Waals surface area (Å²) in [6.07, 6.45) is 4.08. The van der Waals surface area contributed by atoms with E-state index in [1.165, 1.54) is 18.9 Å². The molecule has 4 nitrogen and oxygen atoms in total. The van der Waals surface area contributed by atoms with Crippen LogP contribution < -0.4 is 10.6 Å². The minimum Gasteiger partial charge on any atom is -0.444 e. The molecule has 128 valence electrons. The highest BCUT2D eigenvalue weighted by Gasteiger charge is 2.25. The van der Waals surface area contributed by atoms with Gasteiger partial charge in [-0.3, -0.25) is 5.32 Å². The molecule has 0 radical (unpaired) electrons. The maximum atomic E-state index is 13.9. The van der Waals surface area contributed by atoms with E-state index in [2.05, 4.69) is 17.6 Å². The minimum atomic E-state index is -0.652. The van der Waals surface area contributed by atoms with Crippen molar-refractivity contribution in [1.82, 2.24) is 0 Å². The number of hydrogen-bond donors (Lipinski definition) is 2. The van der Waals surface area contributed by atoms with Crippen LogP contribution >= 0.6 is 0 Å². The molecule has 1 aromatic carbocycles. The highest BCUT2D eigenvalue weighted by Crippen LogP contribution is 2.31. The van der Waals surface area contributed by atoms with Gasteiger partial charge in [-0.25, -0.2) is 9.18 Å². The van der Waals surface area contributed by atoms with Crippen molar-refractivity contribution < 1.29 is 13.9 Å². The first-order valence-corrected chi connectivity index (χ1v) is 8.34. The van der Waals surface area contributed by atoms with Crippen LogP contribution in [0.5, 0.6) is 0 Å². The number of benzene rings is 1. The molecule has 23 heavy (non-hydrogen) atoms. The molecule has 0 spiro atoms. The van der Waals surface area contributed by atoms with Crippen LogP contribution in [0.4, 0.5) is 20.6 Å². The Labute approximate surface area is 137 Å².